The van der Waals surface area contributed by atoms with Crippen molar-refractivity contribution in [2.24, 2.45) is 0 Å². The van der Waals surface area contributed by atoms with Gasteiger partial charge in [-0.3, -0.25) is 9.78 Å². The highest BCUT2D eigenvalue weighted by atomic mass is 17.2. The van der Waals surface area contributed by atoms with E-state index in [0.29, 0.717) is 26.4 Å². The smallest absolute Gasteiger partial charge is 0.373 e. The monoisotopic (exact) mass is 574 g/mol. The summed E-state index contributed by atoms with van der Waals surface area (Å²) >= 11 is 0. The number of carbonyl (C=O) groups excluding carboxylic acids is 2. The zero-order chi connectivity index (χ0) is 29.3. The van der Waals surface area contributed by atoms with Crippen molar-refractivity contribution >= 4 is 11.9 Å². The number of rotatable bonds is 26. The molecule has 0 aromatic heterocycles. The fraction of sp³-hybridized carbons (Fsp3) is 0.714. The molecule has 230 valence electrons. The van der Waals surface area contributed by atoms with Crippen LogP contribution in [-0.4, -0.2) is 90.6 Å². The minimum atomic E-state index is -0.715. The molecule has 2 unspecified atom stereocenters. The molecular formula is C28H46O12. The van der Waals surface area contributed by atoms with Crippen molar-refractivity contribution in [3.8, 4) is 0 Å². The molecule has 0 aliphatic carbocycles. The van der Waals surface area contributed by atoms with Crippen LogP contribution < -0.4 is 0 Å². The van der Waals surface area contributed by atoms with Crippen LogP contribution in [0.1, 0.15) is 74.1 Å². The van der Waals surface area contributed by atoms with Crippen LogP contribution in [0.2, 0.25) is 0 Å². The van der Waals surface area contributed by atoms with Gasteiger partial charge in [-0.2, -0.15) is 9.78 Å². The maximum Gasteiger partial charge on any atom is 0.373 e. The fourth-order valence-electron chi connectivity index (χ4n) is 2.95. The third-order valence-corrected chi connectivity index (χ3v) is 5.06. The average Bonchev–Trinajstić information content (AvgIpc) is 2.96. The molecule has 12 heteroatoms. The molecule has 0 N–H and O–H groups in total. The van der Waals surface area contributed by atoms with E-state index in [2.05, 4.69) is 13.8 Å². The topological polar surface area (TPSA) is 126 Å². The maximum absolute atomic E-state index is 12.1. The largest absolute Gasteiger partial charge is 0.374 e. The lowest BCUT2D eigenvalue weighted by molar-refractivity contribution is -0.251. The molecule has 0 spiro atoms. The van der Waals surface area contributed by atoms with Gasteiger partial charge < -0.3 is 28.4 Å². The highest BCUT2D eigenvalue weighted by Gasteiger charge is 2.14. The summed E-state index contributed by atoms with van der Waals surface area (Å²) in [7, 11) is 0. The predicted octanol–water partition coefficient (Wildman–Crippen LogP) is 4.26. The number of carbonyl (C=O) groups is 2. The number of ether oxygens (including phenoxy) is 6. The van der Waals surface area contributed by atoms with Crippen molar-refractivity contribution in [1.29, 1.82) is 0 Å². The highest BCUT2D eigenvalue weighted by molar-refractivity contribution is 5.92. The quantitative estimate of drug-likeness (QED) is 0.0679. The Morgan fingerprint density at radius 3 is 1.32 bits per heavy atom. The Kier molecular flexibility index (Phi) is 22.1. The van der Waals surface area contributed by atoms with Gasteiger partial charge in [0.25, 0.3) is 0 Å². The van der Waals surface area contributed by atoms with E-state index in [9.17, 15) is 9.59 Å². The molecule has 0 fully saturated rings. The Morgan fingerprint density at radius 1 is 0.575 bits per heavy atom. The van der Waals surface area contributed by atoms with Gasteiger partial charge >= 0.3 is 11.9 Å². The molecule has 0 radical (unpaired) electrons. The lowest BCUT2D eigenvalue weighted by Crippen LogP contribution is -2.25. The molecule has 0 amide bonds. The van der Waals surface area contributed by atoms with Crippen LogP contribution in [0, 0.1) is 0 Å². The summed E-state index contributed by atoms with van der Waals surface area (Å²) in [4.78, 5) is 43.6. The predicted molar refractivity (Wildman–Crippen MR) is 143 cm³/mol. The van der Waals surface area contributed by atoms with E-state index >= 15 is 0 Å². The number of unbranched alkanes of at least 4 members (excludes halogenated alkanes) is 2. The van der Waals surface area contributed by atoms with E-state index in [1.807, 2.05) is 13.8 Å². The van der Waals surface area contributed by atoms with Gasteiger partial charge in [0.2, 0.25) is 0 Å². The summed E-state index contributed by atoms with van der Waals surface area (Å²) < 4.78 is 33.0. The van der Waals surface area contributed by atoms with E-state index in [1.165, 1.54) is 24.3 Å². The summed E-state index contributed by atoms with van der Waals surface area (Å²) in [6.07, 6.45) is 3.05. The van der Waals surface area contributed by atoms with Crippen LogP contribution in [0.3, 0.4) is 0 Å². The van der Waals surface area contributed by atoms with Crippen molar-refractivity contribution in [3.63, 3.8) is 0 Å². The molecule has 1 rings (SSSR count). The summed E-state index contributed by atoms with van der Waals surface area (Å²) in [6.45, 7) is 11.1. The standard InChI is InChI=1S/C28H46O12/c1-5-9-15-35-25(33-7-3)21-31-17-19-37-39-27(29)23-11-13-24(14-12-23)28(30)40-38-20-18-32-22-26(34-8-4)36-16-10-6-2/h11-14,25-26H,5-10,15-22H2,1-4H3. The first-order valence-corrected chi connectivity index (χ1v) is 13.9. The van der Waals surface area contributed by atoms with Crippen LogP contribution in [0.4, 0.5) is 0 Å². The summed E-state index contributed by atoms with van der Waals surface area (Å²) in [5.41, 5.74) is 0.384. The van der Waals surface area contributed by atoms with Gasteiger partial charge in [0, 0.05) is 26.4 Å². The Morgan fingerprint density at radius 2 is 0.975 bits per heavy atom. The molecule has 0 aliphatic heterocycles. The second kappa shape index (κ2) is 24.6. The summed E-state index contributed by atoms with van der Waals surface area (Å²) in [5.74, 6) is -1.43. The van der Waals surface area contributed by atoms with E-state index in [4.69, 9.17) is 48.0 Å². The lowest BCUT2D eigenvalue weighted by Gasteiger charge is -2.17. The second-order valence-electron chi connectivity index (χ2n) is 8.33. The van der Waals surface area contributed by atoms with Crippen molar-refractivity contribution in [2.75, 3.05) is 66.1 Å². The molecule has 2 atom stereocenters. The average molecular weight is 575 g/mol. The first-order valence-electron chi connectivity index (χ1n) is 13.9. The van der Waals surface area contributed by atoms with E-state index < -0.39 is 24.5 Å². The molecular weight excluding hydrogens is 528 g/mol. The fourth-order valence-corrected chi connectivity index (χ4v) is 2.95. The molecule has 1 aromatic rings. The number of hydrogen-bond donors (Lipinski definition) is 0. The Bertz CT molecular complexity index is 695. The Hall–Kier alpha value is -2.16. The van der Waals surface area contributed by atoms with E-state index in [1.54, 1.807) is 0 Å². The van der Waals surface area contributed by atoms with Gasteiger partial charge in [-0.25, -0.2) is 9.59 Å². The van der Waals surface area contributed by atoms with Crippen molar-refractivity contribution in [1.82, 2.24) is 0 Å². The Labute approximate surface area is 237 Å². The lowest BCUT2D eigenvalue weighted by atomic mass is 10.1. The van der Waals surface area contributed by atoms with Crippen molar-refractivity contribution < 1.29 is 57.6 Å². The van der Waals surface area contributed by atoms with E-state index in [0.717, 1.165) is 25.7 Å². The highest BCUT2D eigenvalue weighted by Crippen LogP contribution is 2.08. The first kappa shape index (κ1) is 35.9. The Balaban J connectivity index is 2.21. The zero-order valence-electron chi connectivity index (χ0n) is 24.3. The van der Waals surface area contributed by atoms with Gasteiger partial charge in [-0.1, -0.05) is 26.7 Å². The minimum Gasteiger partial charge on any atom is -0.374 e. The third-order valence-electron chi connectivity index (χ3n) is 5.06. The van der Waals surface area contributed by atoms with Crippen LogP contribution in [-0.2, 0) is 48.0 Å². The normalized spacial score (nSPS) is 12.7. The van der Waals surface area contributed by atoms with E-state index in [-0.39, 0.29) is 50.8 Å². The molecule has 40 heavy (non-hydrogen) atoms. The number of hydrogen-bond acceptors (Lipinski definition) is 12. The van der Waals surface area contributed by atoms with Crippen LogP contribution in [0.5, 0.6) is 0 Å². The third kappa shape index (κ3) is 17.5. The first-order chi connectivity index (χ1) is 19.5. The minimum absolute atomic E-state index is 0.0309. The van der Waals surface area contributed by atoms with Crippen molar-refractivity contribution in [3.05, 3.63) is 35.4 Å². The van der Waals surface area contributed by atoms with Crippen LogP contribution in [0.15, 0.2) is 24.3 Å². The molecule has 0 bridgehead atoms. The molecule has 0 aliphatic rings. The van der Waals surface area contributed by atoms with Crippen LogP contribution in [0.25, 0.3) is 0 Å². The molecule has 0 saturated heterocycles. The van der Waals surface area contributed by atoms with Crippen molar-refractivity contribution in [2.45, 2.75) is 66.0 Å². The van der Waals surface area contributed by atoms with Gasteiger partial charge in [0.1, 0.15) is 13.2 Å². The SMILES string of the molecule is CCCCOC(COCCOOC(=O)c1ccc(C(=O)OOCCOCC(OCC)OCCCC)cc1)OCC. The zero-order valence-corrected chi connectivity index (χ0v) is 24.3. The molecule has 12 nitrogen and oxygen atoms in total. The summed E-state index contributed by atoms with van der Waals surface area (Å²) in [6, 6.07) is 5.65. The van der Waals surface area contributed by atoms with Gasteiger partial charge in [-0.15, -0.1) is 0 Å². The van der Waals surface area contributed by atoms with Crippen LogP contribution >= 0.6 is 0 Å². The van der Waals surface area contributed by atoms with Gasteiger partial charge in [0.05, 0.1) is 37.6 Å². The maximum atomic E-state index is 12.1. The number of benzene rings is 1. The molecule has 1 aromatic carbocycles. The second-order valence-corrected chi connectivity index (χ2v) is 8.33. The molecule has 0 heterocycles. The van der Waals surface area contributed by atoms with Gasteiger partial charge in [0.15, 0.2) is 12.6 Å². The summed E-state index contributed by atoms with van der Waals surface area (Å²) in [5, 5.41) is 0. The van der Waals surface area contributed by atoms with Gasteiger partial charge in [-0.05, 0) is 51.0 Å². The molecule has 0 saturated carbocycles.